The molecule has 5 rings (SSSR count). The van der Waals surface area contributed by atoms with Crippen molar-refractivity contribution in [2.24, 2.45) is 0 Å². The Labute approximate surface area is 188 Å². The maximum absolute atomic E-state index is 14.2. The Morgan fingerprint density at radius 1 is 0.906 bits per heavy atom. The number of nitrogens with one attached hydrogen (secondary N) is 1. The normalized spacial score (nSPS) is 11.1. The zero-order chi connectivity index (χ0) is 21.9. The number of rotatable bonds is 6. The lowest BCUT2D eigenvalue weighted by Crippen LogP contribution is -1.92. The molecule has 0 aliphatic carbocycles. The van der Waals surface area contributed by atoms with Crippen LogP contribution in [0.4, 0.5) is 4.39 Å². The van der Waals surface area contributed by atoms with Gasteiger partial charge >= 0.3 is 0 Å². The molecule has 0 atom stereocenters. The van der Waals surface area contributed by atoms with Gasteiger partial charge in [0, 0.05) is 18.2 Å². The lowest BCUT2D eigenvalue weighted by Gasteiger charge is -2.02. The van der Waals surface area contributed by atoms with E-state index in [2.05, 4.69) is 37.2 Å². The van der Waals surface area contributed by atoms with Gasteiger partial charge in [0.05, 0.1) is 22.5 Å². The van der Waals surface area contributed by atoms with Gasteiger partial charge in [-0.2, -0.15) is 4.98 Å². The Kier molecular flexibility index (Phi) is 5.47. The van der Waals surface area contributed by atoms with Crippen molar-refractivity contribution in [3.8, 4) is 34.2 Å². The number of aryl methyl sites for hydroxylation is 2. The number of H-pyrrole nitrogens is 1. The lowest BCUT2D eigenvalue weighted by atomic mass is 10.1. The zero-order valence-corrected chi connectivity index (χ0v) is 17.6. The van der Waals surface area contributed by atoms with Gasteiger partial charge in [-0.05, 0) is 36.2 Å². The van der Waals surface area contributed by atoms with Crippen LogP contribution in [0.1, 0.15) is 11.5 Å². The van der Waals surface area contributed by atoms with Crippen LogP contribution in [-0.2, 0) is 12.8 Å². The molecule has 0 bridgehead atoms. The molecule has 158 valence electrons. The van der Waals surface area contributed by atoms with E-state index in [9.17, 15) is 4.39 Å². The first-order valence-corrected chi connectivity index (χ1v) is 10.4. The van der Waals surface area contributed by atoms with Crippen molar-refractivity contribution < 1.29 is 8.91 Å². The fourth-order valence-corrected chi connectivity index (χ4v) is 3.61. The lowest BCUT2D eigenvalue weighted by molar-refractivity contribution is 0.379. The first kappa shape index (κ1) is 20.1. The van der Waals surface area contributed by atoms with E-state index in [1.165, 1.54) is 11.6 Å². The Morgan fingerprint density at radius 2 is 1.78 bits per heavy atom. The van der Waals surface area contributed by atoms with Crippen molar-refractivity contribution in [2.75, 3.05) is 0 Å². The fraction of sp³-hybridized carbons (Fsp3) is 0.0833. The monoisotopic (exact) mass is 445 g/mol. The fourth-order valence-electron chi connectivity index (χ4n) is 3.36. The molecule has 0 fully saturated rings. The molecule has 8 heteroatoms. The predicted molar refractivity (Wildman–Crippen MR) is 119 cm³/mol. The number of halogens is 2. The van der Waals surface area contributed by atoms with Gasteiger partial charge < -0.3 is 9.51 Å². The third-order valence-electron chi connectivity index (χ3n) is 5.02. The highest BCUT2D eigenvalue weighted by atomic mass is 35.5. The standard InChI is InChI=1S/C24H17ClFN5O/c25-17-7-4-8-18(26)22(17)24-28-14-20(29-24)16-10-11-19(27-13-16)23-30-21(32-31-23)12-9-15-5-2-1-3-6-15/h1-8,10-11,13-14H,9,12H2,(H,28,29). The molecule has 5 aromatic rings. The van der Waals surface area contributed by atoms with Gasteiger partial charge in [0.2, 0.25) is 11.7 Å². The van der Waals surface area contributed by atoms with Crippen LogP contribution in [0.15, 0.2) is 77.6 Å². The summed E-state index contributed by atoms with van der Waals surface area (Å²) in [7, 11) is 0. The van der Waals surface area contributed by atoms with Crippen LogP contribution in [0.5, 0.6) is 0 Å². The zero-order valence-electron chi connectivity index (χ0n) is 16.8. The molecule has 1 N–H and O–H groups in total. The van der Waals surface area contributed by atoms with E-state index in [1.54, 1.807) is 30.6 Å². The van der Waals surface area contributed by atoms with Gasteiger partial charge in [-0.25, -0.2) is 9.37 Å². The van der Waals surface area contributed by atoms with Crippen molar-refractivity contribution in [3.05, 3.63) is 95.4 Å². The Balaban J connectivity index is 1.31. The quantitative estimate of drug-likeness (QED) is 0.359. The summed E-state index contributed by atoms with van der Waals surface area (Å²) in [5.74, 6) is 0.915. The van der Waals surface area contributed by atoms with E-state index in [1.807, 2.05) is 24.3 Å². The van der Waals surface area contributed by atoms with Crippen LogP contribution in [0.3, 0.4) is 0 Å². The molecule has 3 heterocycles. The number of aromatic amines is 1. The average molecular weight is 446 g/mol. The van der Waals surface area contributed by atoms with E-state index in [0.717, 1.165) is 12.0 Å². The van der Waals surface area contributed by atoms with E-state index in [-0.39, 0.29) is 5.56 Å². The summed E-state index contributed by atoms with van der Waals surface area (Å²) >= 11 is 6.13. The van der Waals surface area contributed by atoms with Crippen molar-refractivity contribution in [2.45, 2.75) is 12.8 Å². The predicted octanol–water partition coefficient (Wildman–Crippen LogP) is 5.77. The van der Waals surface area contributed by atoms with Crippen LogP contribution >= 0.6 is 11.6 Å². The molecular weight excluding hydrogens is 429 g/mol. The summed E-state index contributed by atoms with van der Waals surface area (Å²) in [4.78, 5) is 16.2. The van der Waals surface area contributed by atoms with Gasteiger partial charge in [0.1, 0.15) is 17.3 Å². The molecule has 32 heavy (non-hydrogen) atoms. The molecule has 6 nitrogen and oxygen atoms in total. The van der Waals surface area contributed by atoms with Gasteiger partial charge in [-0.1, -0.05) is 53.2 Å². The number of aromatic nitrogens is 5. The minimum absolute atomic E-state index is 0.236. The second-order valence-electron chi connectivity index (χ2n) is 7.17. The first-order valence-electron chi connectivity index (χ1n) is 10.00. The molecule has 3 aromatic heterocycles. The molecule has 0 unspecified atom stereocenters. The van der Waals surface area contributed by atoms with Crippen LogP contribution in [0.25, 0.3) is 34.2 Å². The molecule has 0 saturated heterocycles. The maximum Gasteiger partial charge on any atom is 0.227 e. The van der Waals surface area contributed by atoms with Crippen molar-refractivity contribution >= 4 is 11.6 Å². The van der Waals surface area contributed by atoms with Crippen molar-refractivity contribution in [1.29, 1.82) is 0 Å². The minimum Gasteiger partial charge on any atom is -0.339 e. The number of benzene rings is 2. The molecule has 0 spiro atoms. The summed E-state index contributed by atoms with van der Waals surface area (Å²) in [6.07, 6.45) is 4.77. The average Bonchev–Trinajstić information content (AvgIpc) is 3.49. The van der Waals surface area contributed by atoms with E-state index < -0.39 is 5.82 Å². The van der Waals surface area contributed by atoms with E-state index in [0.29, 0.717) is 40.4 Å². The molecule has 2 aromatic carbocycles. The van der Waals surface area contributed by atoms with Crippen LogP contribution in [0, 0.1) is 5.82 Å². The van der Waals surface area contributed by atoms with Gasteiger partial charge in [0.25, 0.3) is 0 Å². The number of hydrogen-bond donors (Lipinski definition) is 1. The molecule has 0 aliphatic rings. The van der Waals surface area contributed by atoms with E-state index >= 15 is 0 Å². The highest BCUT2D eigenvalue weighted by Crippen LogP contribution is 2.30. The summed E-state index contributed by atoms with van der Waals surface area (Å²) < 4.78 is 19.5. The van der Waals surface area contributed by atoms with Gasteiger partial charge in [-0.3, -0.25) is 4.98 Å². The Hall–Kier alpha value is -3.84. The number of nitrogens with zero attached hydrogens (tertiary/aromatic N) is 4. The molecular formula is C24H17ClFN5O. The second kappa shape index (κ2) is 8.72. The summed E-state index contributed by atoms with van der Waals surface area (Å²) in [6.45, 7) is 0. The molecule has 0 amide bonds. The summed E-state index contributed by atoms with van der Waals surface area (Å²) in [5.41, 5.74) is 3.52. The van der Waals surface area contributed by atoms with Crippen LogP contribution in [0.2, 0.25) is 5.02 Å². The summed E-state index contributed by atoms with van der Waals surface area (Å²) in [6, 6.07) is 18.3. The smallest absolute Gasteiger partial charge is 0.227 e. The third kappa shape index (κ3) is 4.15. The number of imidazole rings is 1. The maximum atomic E-state index is 14.2. The summed E-state index contributed by atoms with van der Waals surface area (Å²) in [5, 5.41) is 4.33. The number of pyridine rings is 1. The third-order valence-corrected chi connectivity index (χ3v) is 5.33. The van der Waals surface area contributed by atoms with Crippen molar-refractivity contribution in [3.63, 3.8) is 0 Å². The Bertz CT molecular complexity index is 1330. The van der Waals surface area contributed by atoms with Gasteiger partial charge in [-0.15, -0.1) is 0 Å². The minimum atomic E-state index is -0.438. The van der Waals surface area contributed by atoms with Crippen molar-refractivity contribution in [1.82, 2.24) is 25.1 Å². The SMILES string of the molecule is Fc1cccc(Cl)c1-c1ncc(-c2ccc(-c3noc(CCc4ccccc4)n3)nc2)[nH]1. The van der Waals surface area contributed by atoms with E-state index in [4.69, 9.17) is 16.1 Å². The molecule has 0 radical (unpaired) electrons. The van der Waals surface area contributed by atoms with Gasteiger partial charge in [0.15, 0.2) is 0 Å². The molecule has 0 saturated carbocycles. The Morgan fingerprint density at radius 3 is 2.56 bits per heavy atom. The topological polar surface area (TPSA) is 80.5 Å². The second-order valence-corrected chi connectivity index (χ2v) is 7.58. The number of hydrogen-bond acceptors (Lipinski definition) is 5. The highest BCUT2D eigenvalue weighted by molar-refractivity contribution is 6.33. The van der Waals surface area contributed by atoms with Crippen LogP contribution in [-0.4, -0.2) is 25.1 Å². The highest BCUT2D eigenvalue weighted by Gasteiger charge is 2.15. The molecule has 0 aliphatic heterocycles. The van der Waals surface area contributed by atoms with Crippen LogP contribution < -0.4 is 0 Å². The first-order chi connectivity index (χ1) is 15.7. The largest absolute Gasteiger partial charge is 0.339 e.